The van der Waals surface area contributed by atoms with Crippen molar-refractivity contribution >= 4 is 39.2 Å². The molecule has 0 atom stereocenters. The van der Waals surface area contributed by atoms with Gasteiger partial charge in [0.2, 0.25) is 5.91 Å². The molecule has 13 heteroatoms. The molecular weight excluding hydrogens is 535 g/mol. The quantitative estimate of drug-likeness (QED) is 0.414. The topological polar surface area (TPSA) is 138 Å². The van der Waals surface area contributed by atoms with E-state index in [1.165, 1.54) is 48.5 Å². The number of amides is 1. The lowest BCUT2D eigenvalue weighted by Crippen LogP contribution is -2.38. The van der Waals surface area contributed by atoms with Crippen LogP contribution in [0.5, 0.6) is 11.5 Å². The second-order valence-electron chi connectivity index (χ2n) is 8.12. The zero-order valence-corrected chi connectivity index (χ0v) is 21.6. The van der Waals surface area contributed by atoms with Crippen LogP contribution in [0.25, 0.3) is 0 Å². The summed E-state index contributed by atoms with van der Waals surface area (Å²) in [5.41, 5.74) is -0.0657. The van der Waals surface area contributed by atoms with E-state index < -0.39 is 40.2 Å². The average molecular weight is 559 g/mol. The van der Waals surface area contributed by atoms with Crippen LogP contribution in [0.2, 0.25) is 0 Å². The predicted octanol–water partition coefficient (Wildman–Crippen LogP) is 3.00. The number of nitrogens with one attached hydrogen (secondary N) is 1. The van der Waals surface area contributed by atoms with Crippen LogP contribution in [0.1, 0.15) is 20.7 Å². The molecule has 0 saturated heterocycles. The lowest BCUT2D eigenvalue weighted by Gasteiger charge is -2.25. The van der Waals surface area contributed by atoms with Gasteiger partial charge in [0.1, 0.15) is 25.6 Å². The molecule has 204 valence electrons. The van der Waals surface area contributed by atoms with Gasteiger partial charge in [-0.1, -0.05) is 0 Å². The first-order valence-corrected chi connectivity index (χ1v) is 12.9. The Hall–Kier alpha value is -4.65. The SMILES string of the molecule is COC(=O)c1cc(NC(=O)CN(c2ccc(F)cc2)S(=O)(=O)c2ccc3c(c2)OCCO3)cc(C(=O)OC)c1. The summed E-state index contributed by atoms with van der Waals surface area (Å²) in [6.07, 6.45) is 0. The van der Waals surface area contributed by atoms with Crippen molar-refractivity contribution in [2.45, 2.75) is 4.90 Å². The van der Waals surface area contributed by atoms with Crippen molar-refractivity contribution in [3.63, 3.8) is 0 Å². The number of rotatable bonds is 8. The number of ether oxygens (including phenoxy) is 4. The Morgan fingerprint density at radius 2 is 1.46 bits per heavy atom. The maximum atomic E-state index is 13.7. The van der Waals surface area contributed by atoms with Gasteiger partial charge in [-0.05, 0) is 54.6 Å². The van der Waals surface area contributed by atoms with E-state index in [9.17, 15) is 27.2 Å². The van der Waals surface area contributed by atoms with Crippen molar-refractivity contribution in [2.24, 2.45) is 0 Å². The van der Waals surface area contributed by atoms with Gasteiger partial charge in [0.15, 0.2) is 11.5 Å². The van der Waals surface area contributed by atoms with E-state index >= 15 is 0 Å². The normalized spacial score (nSPS) is 12.3. The van der Waals surface area contributed by atoms with Gasteiger partial charge in [0.05, 0.1) is 35.9 Å². The summed E-state index contributed by atoms with van der Waals surface area (Å²) in [4.78, 5) is 37.1. The molecule has 1 N–H and O–H groups in total. The fraction of sp³-hybridized carbons (Fsp3) is 0.192. The lowest BCUT2D eigenvalue weighted by molar-refractivity contribution is -0.114. The zero-order chi connectivity index (χ0) is 28.2. The van der Waals surface area contributed by atoms with Gasteiger partial charge < -0.3 is 24.3 Å². The Labute approximate surface area is 223 Å². The molecule has 0 aliphatic carbocycles. The van der Waals surface area contributed by atoms with Gasteiger partial charge >= 0.3 is 11.9 Å². The number of fused-ring (bicyclic) bond motifs is 1. The van der Waals surface area contributed by atoms with Crippen LogP contribution < -0.4 is 19.1 Å². The highest BCUT2D eigenvalue weighted by molar-refractivity contribution is 7.92. The van der Waals surface area contributed by atoms with Crippen LogP contribution in [0, 0.1) is 5.82 Å². The van der Waals surface area contributed by atoms with E-state index in [1.807, 2.05) is 0 Å². The Balaban J connectivity index is 1.68. The molecule has 3 aromatic rings. The van der Waals surface area contributed by atoms with Gasteiger partial charge in [-0.3, -0.25) is 9.10 Å². The van der Waals surface area contributed by atoms with Crippen molar-refractivity contribution in [1.82, 2.24) is 0 Å². The number of carbonyl (C=O) groups is 3. The third-order valence-corrected chi connectivity index (χ3v) is 7.33. The zero-order valence-electron chi connectivity index (χ0n) is 20.8. The van der Waals surface area contributed by atoms with Crippen LogP contribution in [-0.4, -0.2) is 60.2 Å². The van der Waals surface area contributed by atoms with Gasteiger partial charge in [0, 0.05) is 11.8 Å². The summed E-state index contributed by atoms with van der Waals surface area (Å²) in [6.45, 7) is -0.187. The van der Waals surface area contributed by atoms with Crippen molar-refractivity contribution in [1.29, 1.82) is 0 Å². The molecule has 1 aliphatic rings. The van der Waals surface area contributed by atoms with Crippen molar-refractivity contribution in [3.05, 3.63) is 77.6 Å². The summed E-state index contributed by atoms with van der Waals surface area (Å²) in [6, 6.07) is 12.3. The number of halogens is 1. The second-order valence-corrected chi connectivity index (χ2v) is 9.99. The minimum Gasteiger partial charge on any atom is -0.486 e. The maximum absolute atomic E-state index is 13.7. The van der Waals surface area contributed by atoms with Crippen molar-refractivity contribution in [3.8, 4) is 11.5 Å². The lowest BCUT2D eigenvalue weighted by atomic mass is 10.1. The van der Waals surface area contributed by atoms with E-state index in [4.69, 9.17) is 9.47 Å². The molecule has 0 radical (unpaired) electrons. The Bertz CT molecular complexity index is 1490. The molecule has 4 rings (SSSR count). The standard InChI is InChI=1S/C26H23FN2O9S/c1-35-25(31)16-11-17(26(32)36-2)13-19(12-16)28-24(30)15-29(20-5-3-18(27)4-6-20)39(33,34)21-7-8-22-23(14-21)38-10-9-37-22/h3-8,11-14H,9-10,15H2,1-2H3,(H,28,30). The maximum Gasteiger partial charge on any atom is 0.337 e. The molecule has 1 heterocycles. The summed E-state index contributed by atoms with van der Waals surface area (Å²) in [5.74, 6) is -2.37. The van der Waals surface area contributed by atoms with Gasteiger partial charge in [-0.25, -0.2) is 22.4 Å². The predicted molar refractivity (Wildman–Crippen MR) is 136 cm³/mol. The van der Waals surface area contributed by atoms with Gasteiger partial charge in [-0.15, -0.1) is 0 Å². The van der Waals surface area contributed by atoms with E-state index in [-0.39, 0.29) is 39.8 Å². The van der Waals surface area contributed by atoms with Crippen molar-refractivity contribution < 1.29 is 46.1 Å². The second kappa shape index (κ2) is 11.4. The minimum atomic E-state index is -4.37. The molecule has 3 aromatic carbocycles. The fourth-order valence-corrected chi connectivity index (χ4v) is 5.17. The van der Waals surface area contributed by atoms with E-state index in [0.717, 1.165) is 30.7 Å². The third-order valence-electron chi connectivity index (χ3n) is 5.56. The Kier molecular flexibility index (Phi) is 8.00. The first-order chi connectivity index (χ1) is 18.6. The minimum absolute atomic E-state index is 0.0130. The first kappa shape index (κ1) is 27.4. The fourth-order valence-electron chi connectivity index (χ4n) is 3.74. The molecule has 0 fully saturated rings. The number of anilines is 2. The Morgan fingerprint density at radius 3 is 2.05 bits per heavy atom. The van der Waals surface area contributed by atoms with Crippen molar-refractivity contribution in [2.75, 3.05) is 43.6 Å². The highest BCUT2D eigenvalue weighted by Crippen LogP contribution is 2.34. The number of methoxy groups -OCH3 is 2. The monoisotopic (exact) mass is 558 g/mol. The van der Waals surface area contributed by atoms with Crippen LogP contribution >= 0.6 is 0 Å². The summed E-state index contributed by atoms with van der Waals surface area (Å²) >= 11 is 0. The molecule has 11 nitrogen and oxygen atoms in total. The largest absolute Gasteiger partial charge is 0.486 e. The number of hydrogen-bond donors (Lipinski definition) is 1. The first-order valence-electron chi connectivity index (χ1n) is 11.4. The molecule has 1 amide bonds. The molecule has 0 aromatic heterocycles. The van der Waals surface area contributed by atoms with Crippen LogP contribution in [0.3, 0.4) is 0 Å². The molecule has 0 spiro atoms. The summed E-state index contributed by atoms with van der Waals surface area (Å²) in [5, 5.41) is 2.49. The van der Waals surface area contributed by atoms with E-state index in [1.54, 1.807) is 0 Å². The molecule has 0 unspecified atom stereocenters. The van der Waals surface area contributed by atoms with Crippen LogP contribution in [-0.2, 0) is 24.3 Å². The number of carbonyl (C=O) groups excluding carboxylic acids is 3. The number of esters is 2. The number of sulfonamides is 1. The molecule has 1 aliphatic heterocycles. The van der Waals surface area contributed by atoms with E-state index in [0.29, 0.717) is 12.4 Å². The molecule has 0 bridgehead atoms. The van der Waals surface area contributed by atoms with E-state index in [2.05, 4.69) is 14.8 Å². The molecular formula is C26H23FN2O9S. The summed E-state index contributed by atoms with van der Waals surface area (Å²) in [7, 11) is -2.08. The average Bonchev–Trinajstić information content (AvgIpc) is 2.95. The molecule has 39 heavy (non-hydrogen) atoms. The number of benzene rings is 3. The number of hydrogen-bond acceptors (Lipinski definition) is 9. The van der Waals surface area contributed by atoms with Crippen LogP contribution in [0.4, 0.5) is 15.8 Å². The Morgan fingerprint density at radius 1 is 0.872 bits per heavy atom. The van der Waals surface area contributed by atoms with Gasteiger partial charge in [0.25, 0.3) is 10.0 Å². The summed E-state index contributed by atoms with van der Waals surface area (Å²) < 4.78 is 62.1. The highest BCUT2D eigenvalue weighted by Gasteiger charge is 2.29. The van der Waals surface area contributed by atoms with Gasteiger partial charge in [-0.2, -0.15) is 0 Å². The number of nitrogens with zero attached hydrogens (tertiary/aromatic N) is 1. The smallest absolute Gasteiger partial charge is 0.337 e. The van der Waals surface area contributed by atoms with Crippen LogP contribution in [0.15, 0.2) is 65.6 Å². The molecule has 0 saturated carbocycles. The third kappa shape index (κ3) is 6.09. The highest BCUT2D eigenvalue weighted by atomic mass is 32.2.